The van der Waals surface area contributed by atoms with Gasteiger partial charge in [-0.3, -0.25) is 10.1 Å². The number of nitrogens with one attached hydrogen (secondary N) is 1. The molecule has 0 radical (unpaired) electrons. The Kier molecular flexibility index (Phi) is 4.25. The highest BCUT2D eigenvalue weighted by atomic mass is 16.5. The number of phenolic OH excluding ortho intramolecular Hbond substituents is 2. The highest BCUT2D eigenvalue weighted by Gasteiger charge is 2.17. The van der Waals surface area contributed by atoms with Crippen LogP contribution in [0.4, 0.5) is 10.5 Å². The van der Waals surface area contributed by atoms with Crippen LogP contribution in [0.15, 0.2) is 45.7 Å². The average molecular weight is 342 g/mol. The lowest BCUT2D eigenvalue weighted by molar-refractivity contribution is 0.168. The fourth-order valence-corrected chi connectivity index (χ4v) is 2.28. The number of benzene rings is 1. The standard InChI is InChI=1S/C17H14N2O6/c1-2-24-17(23)19-11-7-14(22)13(21)6-10(11)15-8-12(20)9-4-3-5-18-16(9)25-15/h3-8,21-22H,2H2,1H3,(H,19,23). The van der Waals surface area contributed by atoms with E-state index in [1.807, 2.05) is 0 Å². The second-order valence-corrected chi connectivity index (χ2v) is 5.06. The van der Waals surface area contributed by atoms with Crippen molar-refractivity contribution in [3.8, 4) is 22.8 Å². The van der Waals surface area contributed by atoms with E-state index in [-0.39, 0.29) is 34.8 Å². The molecule has 3 rings (SSSR count). The first kappa shape index (κ1) is 16.3. The minimum Gasteiger partial charge on any atom is -0.504 e. The Morgan fingerprint density at radius 2 is 2.04 bits per heavy atom. The number of carbonyl (C=O) groups is 1. The van der Waals surface area contributed by atoms with Crippen LogP contribution in [0.2, 0.25) is 0 Å². The second kappa shape index (κ2) is 6.52. The number of rotatable bonds is 3. The van der Waals surface area contributed by atoms with Crippen molar-refractivity contribution >= 4 is 22.9 Å². The van der Waals surface area contributed by atoms with Gasteiger partial charge in [0.15, 0.2) is 16.9 Å². The van der Waals surface area contributed by atoms with Gasteiger partial charge in [-0.25, -0.2) is 9.78 Å². The lowest BCUT2D eigenvalue weighted by Crippen LogP contribution is -2.14. The van der Waals surface area contributed by atoms with Crippen LogP contribution in [0, 0.1) is 0 Å². The van der Waals surface area contributed by atoms with E-state index in [4.69, 9.17) is 9.15 Å². The molecule has 1 aromatic carbocycles. The maximum Gasteiger partial charge on any atom is 0.411 e. The van der Waals surface area contributed by atoms with Gasteiger partial charge in [-0.15, -0.1) is 0 Å². The molecule has 0 spiro atoms. The molecule has 0 saturated carbocycles. The van der Waals surface area contributed by atoms with Gasteiger partial charge < -0.3 is 19.4 Å². The number of carbonyl (C=O) groups excluding carboxylic acids is 1. The molecule has 0 aliphatic rings. The van der Waals surface area contributed by atoms with Crippen molar-refractivity contribution < 1.29 is 24.2 Å². The summed E-state index contributed by atoms with van der Waals surface area (Å²) >= 11 is 0. The molecule has 0 fully saturated rings. The fraction of sp³-hybridized carbons (Fsp3) is 0.118. The van der Waals surface area contributed by atoms with Gasteiger partial charge in [0, 0.05) is 23.9 Å². The van der Waals surface area contributed by atoms with Crippen LogP contribution in [0.25, 0.3) is 22.4 Å². The van der Waals surface area contributed by atoms with Crippen molar-refractivity contribution in [3.05, 3.63) is 46.8 Å². The molecule has 2 aromatic heterocycles. The Morgan fingerprint density at radius 3 is 2.80 bits per heavy atom. The maximum atomic E-state index is 12.2. The summed E-state index contributed by atoms with van der Waals surface area (Å²) in [5.41, 5.74) is 0.0684. The number of aromatic hydroxyl groups is 2. The monoisotopic (exact) mass is 342 g/mol. The first-order valence-corrected chi connectivity index (χ1v) is 7.38. The number of pyridine rings is 1. The van der Waals surface area contributed by atoms with E-state index in [2.05, 4.69) is 10.3 Å². The third kappa shape index (κ3) is 3.23. The summed E-state index contributed by atoms with van der Waals surface area (Å²) in [5.74, 6) is -0.816. The molecule has 0 unspecified atom stereocenters. The molecule has 0 bridgehead atoms. The Bertz CT molecular complexity index is 1010. The third-order valence-corrected chi connectivity index (χ3v) is 3.40. The van der Waals surface area contributed by atoms with Crippen LogP contribution >= 0.6 is 0 Å². The van der Waals surface area contributed by atoms with Gasteiger partial charge in [0.05, 0.1) is 17.7 Å². The molecule has 1 amide bonds. The van der Waals surface area contributed by atoms with Gasteiger partial charge >= 0.3 is 6.09 Å². The lowest BCUT2D eigenvalue weighted by atomic mass is 10.1. The van der Waals surface area contributed by atoms with Crippen molar-refractivity contribution in [2.45, 2.75) is 6.92 Å². The molecule has 0 saturated heterocycles. The predicted octanol–water partition coefficient (Wildman–Crippen LogP) is 2.83. The molecule has 0 atom stereocenters. The molecule has 3 aromatic rings. The zero-order valence-corrected chi connectivity index (χ0v) is 13.1. The smallest absolute Gasteiger partial charge is 0.411 e. The topological polar surface area (TPSA) is 122 Å². The largest absolute Gasteiger partial charge is 0.504 e. The van der Waals surface area contributed by atoms with Crippen LogP contribution in [-0.4, -0.2) is 27.9 Å². The molecule has 128 valence electrons. The van der Waals surface area contributed by atoms with Gasteiger partial charge in [0.2, 0.25) is 5.71 Å². The zero-order chi connectivity index (χ0) is 18.0. The number of hydrogen-bond acceptors (Lipinski definition) is 7. The van der Waals surface area contributed by atoms with E-state index in [1.54, 1.807) is 19.1 Å². The number of anilines is 1. The summed E-state index contributed by atoms with van der Waals surface area (Å²) in [7, 11) is 0. The summed E-state index contributed by atoms with van der Waals surface area (Å²) in [6.45, 7) is 1.79. The molecule has 3 N–H and O–H groups in total. The number of amides is 1. The van der Waals surface area contributed by atoms with Crippen molar-refractivity contribution in [3.63, 3.8) is 0 Å². The molecule has 0 aliphatic heterocycles. The van der Waals surface area contributed by atoms with Gasteiger partial charge in [0.1, 0.15) is 5.76 Å². The minimum atomic E-state index is -0.755. The minimum absolute atomic E-state index is 0.0679. The molecule has 8 nitrogen and oxygen atoms in total. The molecule has 8 heteroatoms. The highest BCUT2D eigenvalue weighted by molar-refractivity contribution is 5.92. The van der Waals surface area contributed by atoms with Gasteiger partial charge in [-0.05, 0) is 25.1 Å². The van der Waals surface area contributed by atoms with Gasteiger partial charge in [0.25, 0.3) is 0 Å². The van der Waals surface area contributed by atoms with Crippen LogP contribution in [0.1, 0.15) is 6.92 Å². The van der Waals surface area contributed by atoms with E-state index in [0.29, 0.717) is 5.39 Å². The molecule has 2 heterocycles. The number of aromatic nitrogens is 1. The SMILES string of the molecule is CCOC(=O)Nc1cc(O)c(O)cc1-c1cc(=O)c2cccnc2o1. The fourth-order valence-electron chi connectivity index (χ4n) is 2.28. The van der Waals surface area contributed by atoms with E-state index < -0.39 is 17.6 Å². The van der Waals surface area contributed by atoms with E-state index in [0.717, 1.165) is 6.07 Å². The van der Waals surface area contributed by atoms with E-state index in [1.165, 1.54) is 18.3 Å². The van der Waals surface area contributed by atoms with Crippen molar-refractivity contribution in [2.75, 3.05) is 11.9 Å². The number of fused-ring (bicyclic) bond motifs is 1. The second-order valence-electron chi connectivity index (χ2n) is 5.06. The van der Waals surface area contributed by atoms with Crippen LogP contribution in [0.3, 0.4) is 0 Å². The van der Waals surface area contributed by atoms with Crippen LogP contribution in [-0.2, 0) is 4.74 Å². The molecular formula is C17H14N2O6. The summed E-state index contributed by atoms with van der Waals surface area (Å²) in [6, 6.07) is 6.70. The third-order valence-electron chi connectivity index (χ3n) is 3.40. The Morgan fingerprint density at radius 1 is 1.28 bits per heavy atom. The first-order valence-electron chi connectivity index (χ1n) is 7.38. The van der Waals surface area contributed by atoms with Crippen molar-refractivity contribution in [1.82, 2.24) is 4.98 Å². The predicted molar refractivity (Wildman–Crippen MR) is 89.7 cm³/mol. The Hall–Kier alpha value is -3.55. The van der Waals surface area contributed by atoms with Crippen molar-refractivity contribution in [1.29, 1.82) is 0 Å². The van der Waals surface area contributed by atoms with Crippen molar-refractivity contribution in [2.24, 2.45) is 0 Å². The molecule has 25 heavy (non-hydrogen) atoms. The van der Waals surface area contributed by atoms with Gasteiger partial charge in [-0.1, -0.05) is 0 Å². The molecule has 0 aliphatic carbocycles. The van der Waals surface area contributed by atoms with Crippen LogP contribution < -0.4 is 10.7 Å². The average Bonchev–Trinajstić information content (AvgIpc) is 2.58. The molecular weight excluding hydrogens is 328 g/mol. The van der Waals surface area contributed by atoms with E-state index >= 15 is 0 Å². The maximum absolute atomic E-state index is 12.2. The van der Waals surface area contributed by atoms with Crippen LogP contribution in [0.5, 0.6) is 11.5 Å². The number of ether oxygens (including phenoxy) is 1. The summed E-state index contributed by atoms with van der Waals surface area (Å²) < 4.78 is 10.4. The number of hydrogen-bond donors (Lipinski definition) is 3. The quantitative estimate of drug-likeness (QED) is 0.494. The summed E-state index contributed by atoms with van der Waals surface area (Å²) in [5, 5.41) is 22.2. The highest BCUT2D eigenvalue weighted by Crippen LogP contribution is 2.37. The Labute approximate surface area is 141 Å². The zero-order valence-electron chi connectivity index (χ0n) is 13.1. The Balaban J connectivity index is 2.17. The summed E-state index contributed by atoms with van der Waals surface area (Å²) in [4.78, 5) is 27.9. The lowest BCUT2D eigenvalue weighted by Gasteiger charge is -2.12. The normalized spacial score (nSPS) is 10.6. The number of phenols is 2. The summed E-state index contributed by atoms with van der Waals surface area (Å²) in [6.07, 6.45) is 0.719. The van der Waals surface area contributed by atoms with E-state index in [9.17, 15) is 19.8 Å². The first-order chi connectivity index (χ1) is 12.0. The van der Waals surface area contributed by atoms with Gasteiger partial charge in [-0.2, -0.15) is 0 Å². The number of nitrogens with zero attached hydrogens (tertiary/aromatic N) is 1.